The number of hydrogen-bond acceptors (Lipinski definition) is 6. The SMILES string of the molecule is NNc1cc([N+](=O)[O-])cc(NCc2ccccc2Br)n1. The Kier molecular flexibility index (Phi) is 4.49. The van der Waals surface area contributed by atoms with Crippen molar-refractivity contribution in [3.63, 3.8) is 0 Å². The van der Waals surface area contributed by atoms with Gasteiger partial charge in [0.25, 0.3) is 5.69 Å². The molecule has 0 spiro atoms. The lowest BCUT2D eigenvalue weighted by atomic mass is 10.2. The van der Waals surface area contributed by atoms with Crippen LogP contribution in [0.5, 0.6) is 0 Å². The van der Waals surface area contributed by atoms with Gasteiger partial charge in [-0.3, -0.25) is 10.1 Å². The molecule has 0 fully saturated rings. The first-order chi connectivity index (χ1) is 9.60. The summed E-state index contributed by atoms with van der Waals surface area (Å²) in [5, 5.41) is 13.9. The molecule has 20 heavy (non-hydrogen) atoms. The van der Waals surface area contributed by atoms with Crippen LogP contribution in [0, 0.1) is 10.1 Å². The molecule has 0 amide bonds. The summed E-state index contributed by atoms with van der Waals surface area (Å²) in [5.74, 6) is 5.86. The molecule has 104 valence electrons. The van der Waals surface area contributed by atoms with Gasteiger partial charge in [-0.15, -0.1) is 0 Å². The molecule has 1 heterocycles. The highest BCUT2D eigenvalue weighted by Gasteiger charge is 2.11. The second kappa shape index (κ2) is 6.31. The van der Waals surface area contributed by atoms with Gasteiger partial charge in [0.15, 0.2) is 0 Å². The van der Waals surface area contributed by atoms with E-state index in [2.05, 4.69) is 31.7 Å². The molecule has 2 aromatic rings. The molecule has 4 N–H and O–H groups in total. The molecule has 8 heteroatoms. The molecule has 0 radical (unpaired) electrons. The van der Waals surface area contributed by atoms with Gasteiger partial charge in [-0.1, -0.05) is 34.1 Å². The van der Waals surface area contributed by atoms with Crippen LogP contribution in [0.4, 0.5) is 17.3 Å². The van der Waals surface area contributed by atoms with Crippen LogP contribution in [0.2, 0.25) is 0 Å². The Bertz CT molecular complexity index is 635. The monoisotopic (exact) mass is 337 g/mol. The van der Waals surface area contributed by atoms with Crippen LogP contribution in [0.1, 0.15) is 5.56 Å². The molecule has 0 saturated carbocycles. The van der Waals surface area contributed by atoms with E-state index in [1.54, 1.807) is 0 Å². The molecule has 0 bridgehead atoms. The summed E-state index contributed by atoms with van der Waals surface area (Å²) in [7, 11) is 0. The minimum absolute atomic E-state index is 0.0809. The molecule has 2 rings (SSSR count). The van der Waals surface area contributed by atoms with Crippen LogP contribution in [0.3, 0.4) is 0 Å². The van der Waals surface area contributed by atoms with E-state index >= 15 is 0 Å². The molecular formula is C12H12BrN5O2. The Morgan fingerprint density at radius 3 is 2.65 bits per heavy atom. The zero-order chi connectivity index (χ0) is 14.5. The zero-order valence-corrected chi connectivity index (χ0v) is 11.9. The first-order valence-electron chi connectivity index (χ1n) is 5.70. The summed E-state index contributed by atoms with van der Waals surface area (Å²) < 4.78 is 0.954. The van der Waals surface area contributed by atoms with Gasteiger partial charge in [-0.05, 0) is 11.6 Å². The smallest absolute Gasteiger partial charge is 0.276 e. The summed E-state index contributed by atoms with van der Waals surface area (Å²) in [6, 6.07) is 10.3. The predicted octanol–water partition coefficient (Wildman–Crippen LogP) is 2.65. The standard InChI is InChI=1S/C12H12BrN5O2/c13-10-4-2-1-3-8(10)7-15-11-5-9(18(19)20)6-12(16-11)17-14/h1-6H,7,14H2,(H2,15,16,17). The van der Waals surface area contributed by atoms with Gasteiger partial charge < -0.3 is 10.7 Å². The lowest BCUT2D eigenvalue weighted by Gasteiger charge is -2.08. The highest BCUT2D eigenvalue weighted by molar-refractivity contribution is 9.10. The van der Waals surface area contributed by atoms with Crippen LogP contribution in [0.15, 0.2) is 40.9 Å². The molecule has 1 aromatic heterocycles. The molecule has 0 aliphatic carbocycles. The fourth-order valence-corrected chi connectivity index (χ4v) is 2.04. The maximum Gasteiger partial charge on any atom is 0.276 e. The molecule has 0 saturated heterocycles. The number of anilines is 2. The molecule has 0 atom stereocenters. The number of aromatic nitrogens is 1. The Balaban J connectivity index is 2.19. The first kappa shape index (κ1) is 14.2. The maximum absolute atomic E-state index is 10.8. The van der Waals surface area contributed by atoms with E-state index in [0.29, 0.717) is 12.4 Å². The van der Waals surface area contributed by atoms with Gasteiger partial charge in [0, 0.05) is 11.0 Å². The Hall–Kier alpha value is -2.19. The van der Waals surface area contributed by atoms with Crippen LogP contribution < -0.4 is 16.6 Å². The largest absolute Gasteiger partial charge is 0.366 e. The summed E-state index contributed by atoms with van der Waals surface area (Å²) in [6.07, 6.45) is 0. The van der Waals surface area contributed by atoms with Crippen molar-refractivity contribution < 1.29 is 4.92 Å². The quantitative estimate of drug-likeness (QED) is 0.440. The molecule has 0 unspecified atom stereocenters. The number of halogens is 1. The van der Waals surface area contributed by atoms with E-state index in [4.69, 9.17) is 5.84 Å². The number of pyridine rings is 1. The average Bonchev–Trinajstić information content (AvgIpc) is 2.46. The van der Waals surface area contributed by atoms with Gasteiger partial charge in [0.05, 0.1) is 17.1 Å². The third kappa shape index (κ3) is 3.43. The topological polar surface area (TPSA) is 106 Å². The van der Waals surface area contributed by atoms with Crippen molar-refractivity contribution in [2.75, 3.05) is 10.7 Å². The van der Waals surface area contributed by atoms with Gasteiger partial charge in [0.2, 0.25) is 0 Å². The Labute approximate surface area is 123 Å². The fourth-order valence-electron chi connectivity index (χ4n) is 1.61. The lowest BCUT2D eigenvalue weighted by Crippen LogP contribution is -2.11. The second-order valence-corrected chi connectivity index (χ2v) is 4.80. The number of nitrogens with two attached hydrogens (primary N) is 1. The summed E-state index contributed by atoms with van der Waals surface area (Å²) in [6.45, 7) is 0.486. The van der Waals surface area contributed by atoms with Crippen molar-refractivity contribution in [2.45, 2.75) is 6.54 Å². The maximum atomic E-state index is 10.8. The minimum Gasteiger partial charge on any atom is -0.366 e. The molecule has 0 aliphatic rings. The number of hydrogen-bond donors (Lipinski definition) is 3. The number of hydrazine groups is 1. The molecule has 7 nitrogen and oxygen atoms in total. The third-order valence-electron chi connectivity index (χ3n) is 2.59. The van der Waals surface area contributed by atoms with Crippen LogP contribution in [0.25, 0.3) is 0 Å². The second-order valence-electron chi connectivity index (χ2n) is 3.94. The minimum atomic E-state index is -0.494. The highest BCUT2D eigenvalue weighted by atomic mass is 79.9. The normalized spacial score (nSPS) is 10.1. The number of nitro groups is 1. The average molecular weight is 338 g/mol. The van der Waals surface area contributed by atoms with Crippen molar-refractivity contribution in [3.05, 3.63) is 56.5 Å². The third-order valence-corrected chi connectivity index (χ3v) is 3.36. The number of nitrogens with zero attached hydrogens (tertiary/aromatic N) is 2. The number of nitrogens with one attached hydrogen (secondary N) is 2. The predicted molar refractivity (Wildman–Crippen MR) is 80.2 cm³/mol. The van der Waals surface area contributed by atoms with E-state index in [0.717, 1.165) is 10.0 Å². The van der Waals surface area contributed by atoms with Crippen molar-refractivity contribution >= 4 is 33.3 Å². The van der Waals surface area contributed by atoms with Crippen molar-refractivity contribution in [3.8, 4) is 0 Å². The van der Waals surface area contributed by atoms with E-state index in [9.17, 15) is 10.1 Å². The van der Waals surface area contributed by atoms with Gasteiger partial charge in [-0.2, -0.15) is 0 Å². The summed E-state index contributed by atoms with van der Waals surface area (Å²) >= 11 is 3.43. The molecular weight excluding hydrogens is 326 g/mol. The van der Waals surface area contributed by atoms with E-state index in [-0.39, 0.29) is 11.5 Å². The number of benzene rings is 1. The number of rotatable bonds is 5. The lowest BCUT2D eigenvalue weighted by molar-refractivity contribution is -0.384. The van der Waals surface area contributed by atoms with Crippen molar-refractivity contribution in [2.24, 2.45) is 5.84 Å². The van der Waals surface area contributed by atoms with Crippen molar-refractivity contribution in [1.82, 2.24) is 4.98 Å². The summed E-state index contributed by atoms with van der Waals surface area (Å²) in [4.78, 5) is 14.4. The molecule has 1 aromatic carbocycles. The van der Waals surface area contributed by atoms with Gasteiger partial charge in [-0.25, -0.2) is 10.8 Å². The Morgan fingerprint density at radius 1 is 1.30 bits per heavy atom. The Morgan fingerprint density at radius 2 is 2.00 bits per heavy atom. The highest BCUT2D eigenvalue weighted by Crippen LogP contribution is 2.22. The van der Waals surface area contributed by atoms with Crippen molar-refractivity contribution in [1.29, 1.82) is 0 Å². The molecule has 0 aliphatic heterocycles. The first-order valence-corrected chi connectivity index (χ1v) is 6.50. The zero-order valence-electron chi connectivity index (χ0n) is 10.3. The number of nitrogen functional groups attached to an aromatic ring is 1. The van der Waals surface area contributed by atoms with Crippen LogP contribution in [-0.4, -0.2) is 9.91 Å². The van der Waals surface area contributed by atoms with E-state index < -0.39 is 4.92 Å². The van der Waals surface area contributed by atoms with Crippen LogP contribution in [-0.2, 0) is 6.54 Å². The van der Waals surface area contributed by atoms with E-state index in [1.807, 2.05) is 24.3 Å². The van der Waals surface area contributed by atoms with Gasteiger partial charge >= 0.3 is 0 Å². The van der Waals surface area contributed by atoms with Crippen LogP contribution >= 0.6 is 15.9 Å². The fraction of sp³-hybridized carbons (Fsp3) is 0.0833. The van der Waals surface area contributed by atoms with Gasteiger partial charge in [0.1, 0.15) is 11.6 Å². The summed E-state index contributed by atoms with van der Waals surface area (Å²) in [5.41, 5.74) is 3.24. The van der Waals surface area contributed by atoms with E-state index in [1.165, 1.54) is 12.1 Å².